The number of nitrogens with zero attached hydrogens (tertiary/aromatic N) is 1. The average Bonchev–Trinajstić information content (AvgIpc) is 2.71. The number of H-pyrrole nitrogens is 1. The number of aryl methyl sites for hydroxylation is 1. The number of nitrogens with one attached hydrogen (secondary N) is 2. The number of halogens is 1. The van der Waals surface area contributed by atoms with Gasteiger partial charge in [-0.15, -0.1) is 0 Å². The number of hydrogen-bond acceptors (Lipinski definition) is 3. The Hall–Kier alpha value is -1.63. The molecule has 1 aromatic heterocycles. The number of aromatic nitrogens is 2. The number of aromatic amines is 1. The lowest BCUT2D eigenvalue weighted by atomic mass is 10.2. The van der Waals surface area contributed by atoms with Gasteiger partial charge in [-0.05, 0) is 38.0 Å². The van der Waals surface area contributed by atoms with Crippen molar-refractivity contribution in [1.82, 2.24) is 10.2 Å². The molecule has 0 aliphatic carbocycles. The number of rotatable bonds is 6. The maximum absolute atomic E-state index is 12.0. The maximum atomic E-state index is 12.0. The molecule has 0 fully saturated rings. The van der Waals surface area contributed by atoms with Gasteiger partial charge < -0.3 is 0 Å². The summed E-state index contributed by atoms with van der Waals surface area (Å²) in [5.74, 6) is -0.0701. The first-order valence-corrected chi connectivity index (χ1v) is 7.68. The highest BCUT2D eigenvalue weighted by Crippen LogP contribution is 2.20. The Morgan fingerprint density at radius 3 is 2.89 bits per heavy atom. The fourth-order valence-electron chi connectivity index (χ4n) is 1.83. The standard InChI is InChI=1S/C12H16FN3O2S/c1-9-11-8-10(4-5-12(11)15-14-9)16-19(17,18)7-3-2-6-13/h4-5,8,16H,2-3,6-7H2,1H3,(H,14,15). The molecular weight excluding hydrogens is 269 g/mol. The zero-order chi connectivity index (χ0) is 13.9. The van der Waals surface area contributed by atoms with Gasteiger partial charge in [-0.2, -0.15) is 5.10 Å². The van der Waals surface area contributed by atoms with E-state index in [0.29, 0.717) is 12.1 Å². The van der Waals surface area contributed by atoms with Gasteiger partial charge in [0.1, 0.15) is 0 Å². The minimum Gasteiger partial charge on any atom is -0.284 e. The molecule has 0 bridgehead atoms. The smallest absolute Gasteiger partial charge is 0.232 e. The van der Waals surface area contributed by atoms with Gasteiger partial charge in [0.05, 0.1) is 23.6 Å². The average molecular weight is 285 g/mol. The van der Waals surface area contributed by atoms with Crippen molar-refractivity contribution < 1.29 is 12.8 Å². The summed E-state index contributed by atoms with van der Waals surface area (Å²) < 4.78 is 38.0. The normalized spacial score (nSPS) is 11.9. The minimum atomic E-state index is -3.42. The molecule has 1 heterocycles. The Balaban J connectivity index is 2.14. The van der Waals surface area contributed by atoms with E-state index in [-0.39, 0.29) is 12.2 Å². The Morgan fingerprint density at radius 2 is 2.16 bits per heavy atom. The topological polar surface area (TPSA) is 74.8 Å². The molecule has 0 spiro atoms. The number of hydrogen-bond donors (Lipinski definition) is 2. The van der Waals surface area contributed by atoms with Crippen LogP contribution in [-0.4, -0.2) is 31.0 Å². The molecule has 7 heteroatoms. The highest BCUT2D eigenvalue weighted by atomic mass is 32.2. The molecular formula is C12H16FN3O2S. The minimum absolute atomic E-state index is 0.0701. The van der Waals surface area contributed by atoms with Crippen LogP contribution in [0.4, 0.5) is 10.1 Å². The highest BCUT2D eigenvalue weighted by molar-refractivity contribution is 7.92. The van der Waals surface area contributed by atoms with E-state index < -0.39 is 16.7 Å². The molecule has 0 aliphatic rings. The van der Waals surface area contributed by atoms with E-state index in [4.69, 9.17) is 0 Å². The second-order valence-electron chi connectivity index (χ2n) is 4.39. The summed E-state index contributed by atoms with van der Waals surface area (Å²) >= 11 is 0. The molecule has 2 N–H and O–H groups in total. The van der Waals surface area contributed by atoms with Crippen molar-refractivity contribution in [3.05, 3.63) is 23.9 Å². The predicted molar refractivity (Wildman–Crippen MR) is 73.4 cm³/mol. The summed E-state index contributed by atoms with van der Waals surface area (Å²) in [5, 5.41) is 7.78. The number of benzene rings is 1. The van der Waals surface area contributed by atoms with Crippen LogP contribution in [0.1, 0.15) is 18.5 Å². The lowest BCUT2D eigenvalue weighted by Crippen LogP contribution is -2.16. The molecule has 0 amide bonds. The molecule has 0 atom stereocenters. The van der Waals surface area contributed by atoms with Gasteiger partial charge in [0.25, 0.3) is 0 Å². The number of unbranched alkanes of at least 4 members (excludes halogenated alkanes) is 1. The van der Waals surface area contributed by atoms with Gasteiger partial charge in [0.2, 0.25) is 10.0 Å². The van der Waals surface area contributed by atoms with Crippen LogP contribution in [0.5, 0.6) is 0 Å². The van der Waals surface area contributed by atoms with Crippen LogP contribution >= 0.6 is 0 Å². The largest absolute Gasteiger partial charge is 0.284 e. The van der Waals surface area contributed by atoms with Crippen LogP contribution in [0, 0.1) is 6.92 Å². The molecule has 104 valence electrons. The summed E-state index contributed by atoms with van der Waals surface area (Å²) in [4.78, 5) is 0. The maximum Gasteiger partial charge on any atom is 0.232 e. The SMILES string of the molecule is Cc1n[nH]c2ccc(NS(=O)(=O)CCCCF)cc12. The molecule has 0 saturated carbocycles. The first-order valence-electron chi connectivity index (χ1n) is 6.03. The molecule has 0 saturated heterocycles. The fourth-order valence-corrected chi connectivity index (χ4v) is 3.00. The Kier molecular flexibility index (Phi) is 4.04. The van der Waals surface area contributed by atoms with Crippen LogP contribution in [0.3, 0.4) is 0 Å². The van der Waals surface area contributed by atoms with E-state index in [1.54, 1.807) is 18.2 Å². The van der Waals surface area contributed by atoms with Gasteiger partial charge >= 0.3 is 0 Å². The second-order valence-corrected chi connectivity index (χ2v) is 6.23. The van der Waals surface area contributed by atoms with Gasteiger partial charge in [-0.3, -0.25) is 14.2 Å². The van der Waals surface area contributed by atoms with E-state index in [0.717, 1.165) is 16.6 Å². The molecule has 0 radical (unpaired) electrons. The van der Waals surface area contributed by atoms with Crippen molar-refractivity contribution >= 4 is 26.6 Å². The number of anilines is 1. The molecule has 2 rings (SSSR count). The lowest BCUT2D eigenvalue weighted by Gasteiger charge is -2.07. The van der Waals surface area contributed by atoms with Crippen LogP contribution in [0.2, 0.25) is 0 Å². The van der Waals surface area contributed by atoms with Crippen molar-refractivity contribution in [1.29, 1.82) is 0 Å². The summed E-state index contributed by atoms with van der Waals surface area (Å²) in [5.41, 5.74) is 2.17. The van der Waals surface area contributed by atoms with Crippen LogP contribution in [0.15, 0.2) is 18.2 Å². The lowest BCUT2D eigenvalue weighted by molar-refractivity contribution is 0.468. The Morgan fingerprint density at radius 1 is 1.37 bits per heavy atom. The first-order chi connectivity index (χ1) is 9.02. The number of fused-ring (bicyclic) bond motifs is 1. The van der Waals surface area contributed by atoms with Crippen molar-refractivity contribution in [3.8, 4) is 0 Å². The van der Waals surface area contributed by atoms with Gasteiger partial charge in [-0.25, -0.2) is 8.42 Å². The number of alkyl halides is 1. The van der Waals surface area contributed by atoms with Crippen LogP contribution < -0.4 is 4.72 Å². The monoisotopic (exact) mass is 285 g/mol. The molecule has 1 aromatic carbocycles. The summed E-state index contributed by atoms with van der Waals surface area (Å²) in [7, 11) is -3.42. The first kappa shape index (κ1) is 13.8. The third-order valence-electron chi connectivity index (χ3n) is 2.82. The van der Waals surface area contributed by atoms with Gasteiger partial charge in [0, 0.05) is 11.1 Å². The molecule has 0 unspecified atom stereocenters. The third-order valence-corrected chi connectivity index (χ3v) is 4.20. The summed E-state index contributed by atoms with van der Waals surface area (Å²) in [6.07, 6.45) is 0.583. The van der Waals surface area contributed by atoms with Gasteiger partial charge in [-0.1, -0.05) is 0 Å². The molecule has 0 aliphatic heterocycles. The van der Waals surface area contributed by atoms with E-state index >= 15 is 0 Å². The molecule has 5 nitrogen and oxygen atoms in total. The zero-order valence-corrected chi connectivity index (χ0v) is 11.4. The second kappa shape index (κ2) is 5.56. The van der Waals surface area contributed by atoms with Crippen molar-refractivity contribution in [2.75, 3.05) is 17.1 Å². The van der Waals surface area contributed by atoms with E-state index in [1.807, 2.05) is 6.92 Å². The zero-order valence-electron chi connectivity index (χ0n) is 10.6. The third kappa shape index (κ3) is 3.44. The Bertz CT molecular complexity index is 667. The highest BCUT2D eigenvalue weighted by Gasteiger charge is 2.11. The fraction of sp³-hybridized carbons (Fsp3) is 0.417. The van der Waals surface area contributed by atoms with Gasteiger partial charge in [0.15, 0.2) is 0 Å². The van der Waals surface area contributed by atoms with Crippen molar-refractivity contribution in [2.45, 2.75) is 19.8 Å². The summed E-state index contributed by atoms with van der Waals surface area (Å²) in [6.45, 7) is 1.36. The van der Waals surface area contributed by atoms with E-state index in [2.05, 4.69) is 14.9 Å². The van der Waals surface area contributed by atoms with E-state index in [9.17, 15) is 12.8 Å². The van der Waals surface area contributed by atoms with Crippen molar-refractivity contribution in [2.24, 2.45) is 0 Å². The van der Waals surface area contributed by atoms with Crippen LogP contribution in [0.25, 0.3) is 10.9 Å². The van der Waals surface area contributed by atoms with Crippen LogP contribution in [-0.2, 0) is 10.0 Å². The quantitative estimate of drug-likeness (QED) is 0.800. The summed E-state index contributed by atoms with van der Waals surface area (Å²) in [6, 6.07) is 5.18. The number of sulfonamides is 1. The van der Waals surface area contributed by atoms with Crippen molar-refractivity contribution in [3.63, 3.8) is 0 Å². The van der Waals surface area contributed by atoms with E-state index in [1.165, 1.54) is 0 Å². The molecule has 19 heavy (non-hydrogen) atoms. The molecule has 2 aromatic rings. The Labute approximate surface area is 111 Å². The predicted octanol–water partition coefficient (Wildman–Crippen LogP) is 2.36.